The Hall–Kier alpha value is -1.60. The molecule has 1 unspecified atom stereocenters. The molecule has 0 spiro atoms. The van der Waals surface area contributed by atoms with Gasteiger partial charge in [0, 0.05) is 26.6 Å². The van der Waals surface area contributed by atoms with Gasteiger partial charge in [0.2, 0.25) is 5.91 Å². The third-order valence-corrected chi connectivity index (χ3v) is 2.64. The maximum Gasteiger partial charge on any atom is 0.416 e. The summed E-state index contributed by atoms with van der Waals surface area (Å²) in [7, 11) is 0. The molecule has 0 heterocycles. The number of nitrogens with one attached hydrogen (secondary N) is 2. The van der Waals surface area contributed by atoms with Crippen molar-refractivity contribution in [1.29, 1.82) is 0 Å². The van der Waals surface area contributed by atoms with E-state index in [4.69, 9.17) is 0 Å². The predicted octanol–water partition coefficient (Wildman–Crippen LogP) is 1.46. The van der Waals surface area contributed by atoms with Crippen molar-refractivity contribution in [1.82, 2.24) is 10.6 Å². The number of carbonyl (C=O) groups excluding carboxylic acids is 1. The van der Waals surface area contributed by atoms with Crippen LogP contribution < -0.4 is 10.6 Å². The number of carbonyl (C=O) groups is 1. The van der Waals surface area contributed by atoms with Gasteiger partial charge in [-0.05, 0) is 17.7 Å². The molecule has 1 aromatic rings. The molecule has 0 aliphatic rings. The van der Waals surface area contributed by atoms with Crippen LogP contribution in [0.3, 0.4) is 0 Å². The van der Waals surface area contributed by atoms with Gasteiger partial charge >= 0.3 is 6.18 Å². The Bertz CT molecular complexity index is 432. The van der Waals surface area contributed by atoms with E-state index in [9.17, 15) is 23.1 Å². The summed E-state index contributed by atoms with van der Waals surface area (Å²) in [6.45, 7) is 2.49. The highest BCUT2D eigenvalue weighted by atomic mass is 19.4. The van der Waals surface area contributed by atoms with Crippen molar-refractivity contribution in [3.63, 3.8) is 0 Å². The lowest BCUT2D eigenvalue weighted by Crippen LogP contribution is -2.32. The highest BCUT2D eigenvalue weighted by Gasteiger charge is 2.30. The highest BCUT2D eigenvalue weighted by molar-refractivity contribution is 5.72. The van der Waals surface area contributed by atoms with Gasteiger partial charge in [-0.1, -0.05) is 12.1 Å². The van der Waals surface area contributed by atoms with Crippen LogP contribution in [-0.4, -0.2) is 30.6 Å². The van der Waals surface area contributed by atoms with Crippen LogP contribution in [0.2, 0.25) is 0 Å². The van der Waals surface area contributed by atoms with Crippen molar-refractivity contribution >= 4 is 5.91 Å². The quantitative estimate of drug-likeness (QED) is 0.695. The molecule has 1 atom stereocenters. The van der Waals surface area contributed by atoms with Crippen molar-refractivity contribution in [3.05, 3.63) is 35.4 Å². The molecule has 112 valence electrons. The molecule has 1 aromatic carbocycles. The SMILES string of the molecule is CC(=O)NCCNCC(O)c1ccc(C(F)(F)F)cc1. The van der Waals surface area contributed by atoms with E-state index in [-0.39, 0.29) is 12.5 Å². The topological polar surface area (TPSA) is 61.4 Å². The Balaban J connectivity index is 2.40. The Labute approximate surface area is 115 Å². The minimum atomic E-state index is -4.37. The van der Waals surface area contributed by atoms with Crippen molar-refractivity contribution in [2.24, 2.45) is 0 Å². The zero-order valence-electron chi connectivity index (χ0n) is 11.0. The fraction of sp³-hybridized carbons (Fsp3) is 0.462. The van der Waals surface area contributed by atoms with E-state index in [0.717, 1.165) is 12.1 Å². The molecule has 0 bridgehead atoms. The number of benzene rings is 1. The van der Waals surface area contributed by atoms with Crippen LogP contribution in [-0.2, 0) is 11.0 Å². The average Bonchev–Trinajstić information content (AvgIpc) is 2.37. The number of halogens is 3. The van der Waals surface area contributed by atoms with Gasteiger partial charge in [0.25, 0.3) is 0 Å². The fourth-order valence-electron chi connectivity index (χ4n) is 1.58. The average molecular weight is 290 g/mol. The van der Waals surface area contributed by atoms with Gasteiger partial charge in [-0.3, -0.25) is 4.79 Å². The molecule has 0 fully saturated rings. The first kappa shape index (κ1) is 16.5. The molecule has 0 saturated carbocycles. The van der Waals surface area contributed by atoms with E-state index in [2.05, 4.69) is 10.6 Å². The van der Waals surface area contributed by atoms with Crippen LogP contribution in [0.15, 0.2) is 24.3 Å². The van der Waals surface area contributed by atoms with Crippen LogP contribution >= 0.6 is 0 Å². The largest absolute Gasteiger partial charge is 0.416 e. The summed E-state index contributed by atoms with van der Waals surface area (Å²) in [5.74, 6) is -0.143. The van der Waals surface area contributed by atoms with E-state index in [1.54, 1.807) is 0 Å². The summed E-state index contributed by atoms with van der Waals surface area (Å²) in [6.07, 6.45) is -5.27. The number of alkyl halides is 3. The van der Waals surface area contributed by atoms with Gasteiger partial charge in [0.15, 0.2) is 0 Å². The maximum absolute atomic E-state index is 12.4. The Kier molecular flexibility index (Phi) is 5.97. The summed E-state index contributed by atoms with van der Waals surface area (Å²) in [6, 6.07) is 4.39. The van der Waals surface area contributed by atoms with Crippen LogP contribution in [0.4, 0.5) is 13.2 Å². The molecule has 0 saturated heterocycles. The van der Waals surface area contributed by atoms with E-state index >= 15 is 0 Å². The first-order valence-corrected chi connectivity index (χ1v) is 6.11. The number of aliphatic hydroxyl groups excluding tert-OH is 1. The number of hydrogen-bond acceptors (Lipinski definition) is 3. The van der Waals surface area contributed by atoms with E-state index in [1.165, 1.54) is 19.1 Å². The molecule has 7 heteroatoms. The fourth-order valence-corrected chi connectivity index (χ4v) is 1.58. The van der Waals surface area contributed by atoms with Crippen molar-refractivity contribution in [2.45, 2.75) is 19.2 Å². The van der Waals surface area contributed by atoms with E-state index in [1.807, 2.05) is 0 Å². The third kappa shape index (κ3) is 5.58. The van der Waals surface area contributed by atoms with Crippen molar-refractivity contribution in [2.75, 3.05) is 19.6 Å². The van der Waals surface area contributed by atoms with Gasteiger partial charge in [-0.25, -0.2) is 0 Å². The summed E-state index contributed by atoms with van der Waals surface area (Å²) in [4.78, 5) is 10.6. The second-order valence-electron chi connectivity index (χ2n) is 4.32. The normalized spacial score (nSPS) is 13.1. The molecule has 4 nitrogen and oxygen atoms in total. The minimum Gasteiger partial charge on any atom is -0.387 e. The Morgan fingerprint density at radius 3 is 2.35 bits per heavy atom. The van der Waals surface area contributed by atoms with E-state index in [0.29, 0.717) is 18.7 Å². The van der Waals surface area contributed by atoms with Crippen LogP contribution in [0.25, 0.3) is 0 Å². The molecule has 0 aliphatic carbocycles. The number of hydrogen-bond donors (Lipinski definition) is 3. The Morgan fingerprint density at radius 1 is 1.25 bits per heavy atom. The number of rotatable bonds is 6. The third-order valence-electron chi connectivity index (χ3n) is 2.64. The molecule has 0 radical (unpaired) electrons. The van der Waals surface area contributed by atoms with E-state index < -0.39 is 17.8 Å². The van der Waals surface area contributed by atoms with Gasteiger partial charge < -0.3 is 15.7 Å². The summed E-state index contributed by atoms with van der Waals surface area (Å²) in [5.41, 5.74) is -0.336. The van der Waals surface area contributed by atoms with Gasteiger partial charge in [0.05, 0.1) is 11.7 Å². The second kappa shape index (κ2) is 7.25. The van der Waals surface area contributed by atoms with Crippen molar-refractivity contribution < 1.29 is 23.1 Å². The van der Waals surface area contributed by atoms with Crippen LogP contribution in [0, 0.1) is 0 Å². The molecule has 0 aromatic heterocycles. The highest BCUT2D eigenvalue weighted by Crippen LogP contribution is 2.29. The first-order valence-electron chi connectivity index (χ1n) is 6.11. The molecule has 1 rings (SSSR count). The van der Waals surface area contributed by atoms with Gasteiger partial charge in [0.1, 0.15) is 0 Å². The zero-order chi connectivity index (χ0) is 15.2. The molecule has 0 aliphatic heterocycles. The number of aliphatic hydroxyl groups is 1. The molecular formula is C13H17F3N2O2. The number of amides is 1. The molecular weight excluding hydrogens is 273 g/mol. The lowest BCUT2D eigenvalue weighted by atomic mass is 10.1. The van der Waals surface area contributed by atoms with Gasteiger partial charge in [-0.2, -0.15) is 13.2 Å². The maximum atomic E-state index is 12.4. The zero-order valence-corrected chi connectivity index (χ0v) is 11.0. The minimum absolute atomic E-state index is 0.143. The standard InChI is InChI=1S/C13H17F3N2O2/c1-9(19)18-7-6-17-8-12(20)10-2-4-11(5-3-10)13(14,15)16/h2-5,12,17,20H,6-8H2,1H3,(H,18,19). The smallest absolute Gasteiger partial charge is 0.387 e. The summed E-state index contributed by atoms with van der Waals surface area (Å²) < 4.78 is 37.1. The molecule has 3 N–H and O–H groups in total. The summed E-state index contributed by atoms with van der Waals surface area (Å²) in [5, 5.41) is 15.3. The predicted molar refractivity (Wildman–Crippen MR) is 68.0 cm³/mol. The summed E-state index contributed by atoms with van der Waals surface area (Å²) >= 11 is 0. The first-order chi connectivity index (χ1) is 9.30. The monoisotopic (exact) mass is 290 g/mol. The Morgan fingerprint density at radius 2 is 1.85 bits per heavy atom. The van der Waals surface area contributed by atoms with Crippen LogP contribution in [0.1, 0.15) is 24.2 Å². The van der Waals surface area contributed by atoms with Crippen LogP contribution in [0.5, 0.6) is 0 Å². The molecule has 20 heavy (non-hydrogen) atoms. The molecule has 1 amide bonds. The van der Waals surface area contributed by atoms with Gasteiger partial charge in [-0.15, -0.1) is 0 Å². The van der Waals surface area contributed by atoms with Crippen molar-refractivity contribution in [3.8, 4) is 0 Å². The second-order valence-corrected chi connectivity index (χ2v) is 4.32. The lowest BCUT2D eigenvalue weighted by Gasteiger charge is -2.13. The lowest BCUT2D eigenvalue weighted by molar-refractivity contribution is -0.137.